The lowest BCUT2D eigenvalue weighted by atomic mass is 10.1. The quantitative estimate of drug-likeness (QED) is 0.634. The minimum atomic E-state index is -3.39. The molecule has 21 heavy (non-hydrogen) atoms. The summed E-state index contributed by atoms with van der Waals surface area (Å²) in [5.41, 5.74) is 1.17. The summed E-state index contributed by atoms with van der Waals surface area (Å²) >= 11 is 0. The first-order chi connectivity index (χ1) is 9.95. The van der Waals surface area contributed by atoms with Gasteiger partial charge in [0.15, 0.2) is 0 Å². The van der Waals surface area contributed by atoms with Crippen LogP contribution in [0.25, 0.3) is 0 Å². The third-order valence-corrected chi connectivity index (χ3v) is 4.63. The van der Waals surface area contributed by atoms with E-state index in [0.29, 0.717) is 18.0 Å². The van der Waals surface area contributed by atoms with Gasteiger partial charge in [0.2, 0.25) is 10.0 Å². The summed E-state index contributed by atoms with van der Waals surface area (Å²) in [6, 6.07) is 7.15. The summed E-state index contributed by atoms with van der Waals surface area (Å²) in [6.45, 7) is 5.16. The number of aryl methyl sites for hydroxylation is 1. The standard InChI is InChI=1S/C15H27N3O2S/c1-4-16-11-5-6-14-7-9-15(10-8-14)21(19,20)17-12-13-18(2)3/h7-10,16-17H,4-6,11-13H2,1-3H3. The van der Waals surface area contributed by atoms with E-state index in [1.807, 2.05) is 31.1 Å². The largest absolute Gasteiger partial charge is 0.317 e. The van der Waals surface area contributed by atoms with Crippen LogP contribution in [0.4, 0.5) is 0 Å². The maximum absolute atomic E-state index is 12.1. The summed E-state index contributed by atoms with van der Waals surface area (Å²) in [4.78, 5) is 2.27. The molecule has 0 fully saturated rings. The maximum atomic E-state index is 12.1. The number of benzene rings is 1. The fourth-order valence-electron chi connectivity index (χ4n) is 1.92. The predicted molar refractivity (Wildman–Crippen MR) is 87.0 cm³/mol. The lowest BCUT2D eigenvalue weighted by molar-refractivity contribution is 0.412. The van der Waals surface area contributed by atoms with Gasteiger partial charge in [0.25, 0.3) is 0 Å². The molecule has 0 atom stereocenters. The molecule has 0 saturated carbocycles. The van der Waals surface area contributed by atoms with Gasteiger partial charge in [0, 0.05) is 13.1 Å². The lowest BCUT2D eigenvalue weighted by Crippen LogP contribution is -2.31. The minimum absolute atomic E-state index is 0.330. The number of hydrogen-bond acceptors (Lipinski definition) is 4. The van der Waals surface area contributed by atoms with Crippen molar-refractivity contribution in [1.29, 1.82) is 0 Å². The molecule has 1 aromatic rings. The molecule has 0 aliphatic rings. The summed E-state index contributed by atoms with van der Waals surface area (Å²) in [5, 5.41) is 3.28. The Morgan fingerprint density at radius 3 is 2.33 bits per heavy atom. The summed E-state index contributed by atoms with van der Waals surface area (Å²) in [5.74, 6) is 0. The van der Waals surface area contributed by atoms with Gasteiger partial charge in [-0.2, -0.15) is 0 Å². The van der Waals surface area contributed by atoms with Gasteiger partial charge in [0.1, 0.15) is 0 Å². The Kier molecular flexibility index (Phi) is 7.88. The second kappa shape index (κ2) is 9.15. The molecule has 0 spiro atoms. The van der Waals surface area contributed by atoms with Crippen LogP contribution in [0, 0.1) is 0 Å². The zero-order chi connectivity index (χ0) is 15.7. The van der Waals surface area contributed by atoms with Gasteiger partial charge in [-0.05, 0) is 57.7 Å². The molecule has 120 valence electrons. The Bertz CT molecular complexity index is 498. The monoisotopic (exact) mass is 313 g/mol. The number of nitrogens with one attached hydrogen (secondary N) is 2. The molecule has 5 nitrogen and oxygen atoms in total. The zero-order valence-corrected chi connectivity index (χ0v) is 14.0. The SMILES string of the molecule is CCNCCCc1ccc(S(=O)(=O)NCCN(C)C)cc1. The third kappa shape index (κ3) is 7.04. The van der Waals surface area contributed by atoms with Crippen LogP contribution >= 0.6 is 0 Å². The van der Waals surface area contributed by atoms with Crippen molar-refractivity contribution in [2.75, 3.05) is 40.3 Å². The fourth-order valence-corrected chi connectivity index (χ4v) is 2.94. The van der Waals surface area contributed by atoms with E-state index in [9.17, 15) is 8.42 Å². The summed E-state index contributed by atoms with van der Waals surface area (Å²) in [6.07, 6.45) is 2.02. The second-order valence-corrected chi connectivity index (χ2v) is 7.07. The Morgan fingerprint density at radius 1 is 1.10 bits per heavy atom. The first kappa shape index (κ1) is 18.1. The Morgan fingerprint density at radius 2 is 1.76 bits per heavy atom. The van der Waals surface area contributed by atoms with Gasteiger partial charge < -0.3 is 10.2 Å². The van der Waals surface area contributed by atoms with Crippen molar-refractivity contribution in [3.8, 4) is 0 Å². The van der Waals surface area contributed by atoms with Gasteiger partial charge in [-0.25, -0.2) is 13.1 Å². The molecule has 6 heteroatoms. The average Bonchev–Trinajstić information content (AvgIpc) is 2.43. The second-order valence-electron chi connectivity index (χ2n) is 5.30. The summed E-state index contributed by atoms with van der Waals surface area (Å²) < 4.78 is 26.8. The van der Waals surface area contributed by atoms with Crippen LogP contribution in [-0.2, 0) is 16.4 Å². The predicted octanol–water partition coefficient (Wildman–Crippen LogP) is 1.07. The highest BCUT2D eigenvalue weighted by Crippen LogP contribution is 2.11. The molecule has 0 saturated heterocycles. The van der Waals surface area contributed by atoms with Crippen molar-refractivity contribution in [2.24, 2.45) is 0 Å². The highest BCUT2D eigenvalue weighted by molar-refractivity contribution is 7.89. The highest BCUT2D eigenvalue weighted by atomic mass is 32.2. The van der Waals surface area contributed by atoms with E-state index in [-0.39, 0.29) is 0 Å². The van der Waals surface area contributed by atoms with Gasteiger partial charge in [-0.1, -0.05) is 19.1 Å². The molecule has 1 aromatic carbocycles. The Labute approximate surface area is 128 Å². The number of sulfonamides is 1. The number of nitrogens with zero attached hydrogens (tertiary/aromatic N) is 1. The molecule has 1 rings (SSSR count). The average molecular weight is 313 g/mol. The van der Waals surface area contributed by atoms with Crippen LogP contribution in [0.15, 0.2) is 29.2 Å². The smallest absolute Gasteiger partial charge is 0.240 e. The van der Waals surface area contributed by atoms with Gasteiger partial charge >= 0.3 is 0 Å². The van der Waals surface area contributed by atoms with Crippen LogP contribution in [0.1, 0.15) is 18.9 Å². The molecule has 0 heterocycles. The highest BCUT2D eigenvalue weighted by Gasteiger charge is 2.12. The van der Waals surface area contributed by atoms with Crippen molar-refractivity contribution in [2.45, 2.75) is 24.7 Å². The lowest BCUT2D eigenvalue weighted by Gasteiger charge is -2.11. The first-order valence-electron chi connectivity index (χ1n) is 7.39. The van der Waals surface area contributed by atoms with E-state index >= 15 is 0 Å². The van der Waals surface area contributed by atoms with Crippen LogP contribution in [0.2, 0.25) is 0 Å². The van der Waals surface area contributed by atoms with Crippen molar-refractivity contribution < 1.29 is 8.42 Å². The van der Waals surface area contributed by atoms with Crippen molar-refractivity contribution >= 4 is 10.0 Å². The van der Waals surface area contributed by atoms with Gasteiger partial charge in [-0.3, -0.25) is 0 Å². The molecule has 0 amide bonds. The molecule has 0 bridgehead atoms. The number of hydrogen-bond donors (Lipinski definition) is 2. The molecular formula is C15H27N3O2S. The van der Waals surface area contributed by atoms with E-state index in [4.69, 9.17) is 0 Å². The Hall–Kier alpha value is -0.950. The van der Waals surface area contributed by atoms with E-state index in [2.05, 4.69) is 17.0 Å². The zero-order valence-electron chi connectivity index (χ0n) is 13.2. The van der Waals surface area contributed by atoms with Gasteiger partial charge in [-0.15, -0.1) is 0 Å². The normalized spacial score (nSPS) is 12.0. The molecular weight excluding hydrogens is 286 g/mol. The molecule has 2 N–H and O–H groups in total. The first-order valence-corrected chi connectivity index (χ1v) is 8.88. The molecule has 0 unspecified atom stereocenters. The molecule has 0 aliphatic carbocycles. The third-order valence-electron chi connectivity index (χ3n) is 3.15. The number of likely N-dealkylation sites (N-methyl/N-ethyl adjacent to an activating group) is 1. The van der Waals surface area contributed by atoms with Crippen LogP contribution in [0.3, 0.4) is 0 Å². The van der Waals surface area contributed by atoms with Crippen LogP contribution < -0.4 is 10.0 Å². The number of rotatable bonds is 10. The van der Waals surface area contributed by atoms with Crippen molar-refractivity contribution in [1.82, 2.24) is 14.9 Å². The van der Waals surface area contributed by atoms with Crippen LogP contribution in [-0.4, -0.2) is 53.6 Å². The van der Waals surface area contributed by atoms with E-state index in [1.165, 1.54) is 5.56 Å². The van der Waals surface area contributed by atoms with Crippen LogP contribution in [0.5, 0.6) is 0 Å². The van der Waals surface area contributed by atoms with E-state index < -0.39 is 10.0 Å². The van der Waals surface area contributed by atoms with Crippen molar-refractivity contribution in [3.63, 3.8) is 0 Å². The summed E-state index contributed by atoms with van der Waals surface area (Å²) in [7, 11) is 0.436. The van der Waals surface area contributed by atoms with E-state index in [0.717, 1.165) is 25.9 Å². The fraction of sp³-hybridized carbons (Fsp3) is 0.600. The maximum Gasteiger partial charge on any atom is 0.240 e. The van der Waals surface area contributed by atoms with Gasteiger partial charge in [0.05, 0.1) is 4.90 Å². The van der Waals surface area contributed by atoms with E-state index in [1.54, 1.807) is 12.1 Å². The molecule has 0 aromatic heterocycles. The topological polar surface area (TPSA) is 61.4 Å². The molecule has 0 radical (unpaired) electrons. The molecule has 0 aliphatic heterocycles. The Balaban J connectivity index is 2.52. The van der Waals surface area contributed by atoms with Crippen molar-refractivity contribution in [3.05, 3.63) is 29.8 Å². The minimum Gasteiger partial charge on any atom is -0.317 e.